The number of allylic oxidation sites excluding steroid dienone is 3. The number of unbranched alkanes of at least 4 members (excludes halogenated alkanes) is 1. The maximum absolute atomic E-state index is 12.1. The van der Waals surface area contributed by atoms with E-state index in [0.29, 0.717) is 31.5 Å². The average Bonchev–Trinajstić information content (AvgIpc) is 2.61. The Morgan fingerprint density at radius 1 is 1.33 bits per heavy atom. The van der Waals surface area contributed by atoms with Gasteiger partial charge in [-0.1, -0.05) is 24.3 Å². The van der Waals surface area contributed by atoms with Crippen LogP contribution >= 0.6 is 0 Å². The van der Waals surface area contributed by atoms with Gasteiger partial charge in [0.15, 0.2) is 5.78 Å². The van der Waals surface area contributed by atoms with E-state index in [9.17, 15) is 9.59 Å². The molecule has 0 saturated heterocycles. The number of aryl methyl sites for hydroxylation is 1. The Kier molecular flexibility index (Phi) is 8.80. The first-order chi connectivity index (χ1) is 11.6. The number of Topliss-reactive ketones (excluding diaryl/α,β-unsaturated/α-hetero) is 1. The van der Waals surface area contributed by atoms with E-state index in [-0.39, 0.29) is 23.7 Å². The van der Waals surface area contributed by atoms with Crippen LogP contribution < -0.4 is 11.1 Å². The lowest BCUT2D eigenvalue weighted by molar-refractivity contribution is -0.115. The van der Waals surface area contributed by atoms with Crippen LogP contribution in [0.3, 0.4) is 0 Å². The fourth-order valence-corrected chi connectivity index (χ4v) is 2.12. The summed E-state index contributed by atoms with van der Waals surface area (Å²) in [6, 6.07) is 9.06. The number of benzene rings is 1. The summed E-state index contributed by atoms with van der Waals surface area (Å²) in [6.45, 7) is 4.41. The average molecular weight is 325 g/mol. The van der Waals surface area contributed by atoms with Crippen LogP contribution in [-0.4, -0.2) is 24.8 Å². The number of carbonyl (C=O) groups is 2. The number of carbonyl (C=O) groups excluding carboxylic acids is 2. The summed E-state index contributed by atoms with van der Waals surface area (Å²) in [5.41, 5.74) is 6.97. The molecule has 24 heavy (non-hydrogen) atoms. The van der Waals surface area contributed by atoms with E-state index in [1.54, 1.807) is 30.4 Å². The van der Waals surface area contributed by atoms with E-state index in [4.69, 9.17) is 11.0 Å². The van der Waals surface area contributed by atoms with E-state index in [2.05, 4.69) is 11.9 Å². The molecule has 0 saturated carbocycles. The van der Waals surface area contributed by atoms with Crippen LogP contribution in [-0.2, 0) is 11.2 Å². The molecule has 0 unspecified atom stereocenters. The summed E-state index contributed by atoms with van der Waals surface area (Å²) in [5, 5.41) is 11.8. The third-order valence-corrected chi connectivity index (χ3v) is 3.40. The van der Waals surface area contributed by atoms with Gasteiger partial charge in [-0.2, -0.15) is 5.26 Å². The zero-order chi connectivity index (χ0) is 17.8. The molecule has 0 aliphatic rings. The van der Waals surface area contributed by atoms with E-state index >= 15 is 0 Å². The lowest BCUT2D eigenvalue weighted by Crippen LogP contribution is -2.29. The third-order valence-electron chi connectivity index (χ3n) is 3.40. The third kappa shape index (κ3) is 6.59. The first kappa shape index (κ1) is 19.3. The highest BCUT2D eigenvalue weighted by molar-refractivity contribution is 5.99. The molecular formula is C19H23N3O2. The Morgan fingerprint density at radius 2 is 2.12 bits per heavy atom. The SMILES string of the molecule is C=CCC/C=C(\C#N)C(=O)CCc1cccc(C(=O)NCCN)c1. The Hall–Kier alpha value is -2.71. The molecule has 0 aliphatic heterocycles. The van der Waals surface area contributed by atoms with Gasteiger partial charge in [-0.25, -0.2) is 0 Å². The molecule has 0 radical (unpaired) electrons. The molecule has 0 aromatic heterocycles. The summed E-state index contributed by atoms with van der Waals surface area (Å²) >= 11 is 0. The summed E-state index contributed by atoms with van der Waals surface area (Å²) < 4.78 is 0. The highest BCUT2D eigenvalue weighted by atomic mass is 16.1. The molecule has 0 atom stereocenters. The van der Waals surface area contributed by atoms with Gasteiger partial charge in [-0.3, -0.25) is 9.59 Å². The first-order valence-corrected chi connectivity index (χ1v) is 7.94. The van der Waals surface area contributed by atoms with Crippen molar-refractivity contribution >= 4 is 11.7 Å². The molecule has 0 spiro atoms. The van der Waals surface area contributed by atoms with E-state index in [1.807, 2.05) is 12.1 Å². The number of ketones is 1. The molecule has 5 nitrogen and oxygen atoms in total. The van der Waals surface area contributed by atoms with E-state index in [0.717, 1.165) is 12.0 Å². The van der Waals surface area contributed by atoms with Crippen molar-refractivity contribution in [1.29, 1.82) is 5.26 Å². The van der Waals surface area contributed by atoms with Gasteiger partial charge in [-0.15, -0.1) is 6.58 Å². The molecule has 0 bridgehead atoms. The van der Waals surface area contributed by atoms with Crippen molar-refractivity contribution in [3.05, 3.63) is 59.7 Å². The van der Waals surface area contributed by atoms with Gasteiger partial charge in [0.1, 0.15) is 6.07 Å². The van der Waals surface area contributed by atoms with Crippen LogP contribution in [0.2, 0.25) is 0 Å². The zero-order valence-corrected chi connectivity index (χ0v) is 13.8. The molecule has 0 aliphatic carbocycles. The van der Waals surface area contributed by atoms with Gasteiger partial charge < -0.3 is 11.1 Å². The van der Waals surface area contributed by atoms with Crippen LogP contribution in [0, 0.1) is 11.3 Å². The fourth-order valence-electron chi connectivity index (χ4n) is 2.12. The van der Waals surface area contributed by atoms with Crippen molar-refractivity contribution in [3.63, 3.8) is 0 Å². The van der Waals surface area contributed by atoms with E-state index < -0.39 is 0 Å². The minimum Gasteiger partial charge on any atom is -0.351 e. The quantitative estimate of drug-likeness (QED) is 0.298. The van der Waals surface area contributed by atoms with Crippen LogP contribution in [0.5, 0.6) is 0 Å². The van der Waals surface area contributed by atoms with Crippen molar-refractivity contribution in [2.24, 2.45) is 5.73 Å². The summed E-state index contributed by atoms with van der Waals surface area (Å²) in [6.07, 6.45) is 5.49. The minimum atomic E-state index is -0.185. The van der Waals surface area contributed by atoms with Gasteiger partial charge in [0, 0.05) is 25.1 Å². The lowest BCUT2D eigenvalue weighted by Gasteiger charge is -2.06. The van der Waals surface area contributed by atoms with Crippen molar-refractivity contribution < 1.29 is 9.59 Å². The number of amides is 1. The molecule has 0 heterocycles. The largest absolute Gasteiger partial charge is 0.351 e. The number of nitrogens with one attached hydrogen (secondary N) is 1. The van der Waals surface area contributed by atoms with Crippen LogP contribution in [0.4, 0.5) is 0 Å². The number of nitrogens with two attached hydrogens (primary N) is 1. The van der Waals surface area contributed by atoms with Crippen LogP contribution in [0.15, 0.2) is 48.6 Å². The molecule has 1 rings (SSSR count). The maximum atomic E-state index is 12.1. The second-order valence-electron chi connectivity index (χ2n) is 5.26. The molecule has 0 fully saturated rings. The topological polar surface area (TPSA) is 96.0 Å². The second kappa shape index (κ2) is 10.9. The molecule has 3 N–H and O–H groups in total. The van der Waals surface area contributed by atoms with Gasteiger partial charge in [0.05, 0.1) is 5.57 Å². The Balaban J connectivity index is 2.65. The Morgan fingerprint density at radius 3 is 2.79 bits per heavy atom. The highest BCUT2D eigenvalue weighted by Gasteiger charge is 2.10. The van der Waals surface area contributed by atoms with Crippen molar-refractivity contribution in [2.45, 2.75) is 25.7 Å². The lowest BCUT2D eigenvalue weighted by atomic mass is 10.0. The second-order valence-corrected chi connectivity index (χ2v) is 5.26. The molecule has 1 aromatic rings. The Labute approximate surface area is 142 Å². The maximum Gasteiger partial charge on any atom is 0.251 e. The number of rotatable bonds is 10. The van der Waals surface area contributed by atoms with E-state index in [1.165, 1.54) is 0 Å². The fraction of sp³-hybridized carbons (Fsp3) is 0.316. The van der Waals surface area contributed by atoms with Gasteiger partial charge in [0.25, 0.3) is 5.91 Å². The standard InChI is InChI=1S/C19H23N3O2/c1-2-3-4-7-17(14-21)18(23)10-9-15-6-5-8-16(13-15)19(24)22-12-11-20/h2,5-8,13H,1,3-4,9-12,20H2,(H,22,24)/b17-7+. The summed E-state index contributed by atoms with van der Waals surface area (Å²) in [7, 11) is 0. The highest BCUT2D eigenvalue weighted by Crippen LogP contribution is 2.11. The molecule has 1 aromatic carbocycles. The summed E-state index contributed by atoms with van der Waals surface area (Å²) in [5.74, 6) is -0.366. The predicted octanol–water partition coefficient (Wildman–Crippen LogP) is 2.29. The van der Waals surface area contributed by atoms with Gasteiger partial charge in [-0.05, 0) is 37.0 Å². The number of hydrogen-bond donors (Lipinski definition) is 2. The summed E-state index contributed by atoms with van der Waals surface area (Å²) in [4.78, 5) is 24.0. The van der Waals surface area contributed by atoms with Gasteiger partial charge in [0.2, 0.25) is 0 Å². The molecule has 1 amide bonds. The normalized spacial score (nSPS) is 10.8. The Bertz CT molecular complexity index is 657. The van der Waals surface area contributed by atoms with Crippen molar-refractivity contribution in [2.75, 3.05) is 13.1 Å². The minimum absolute atomic E-state index is 0.181. The van der Waals surface area contributed by atoms with Gasteiger partial charge >= 0.3 is 0 Å². The van der Waals surface area contributed by atoms with Crippen LogP contribution in [0.1, 0.15) is 35.2 Å². The molecule has 126 valence electrons. The smallest absolute Gasteiger partial charge is 0.251 e. The number of hydrogen-bond acceptors (Lipinski definition) is 4. The van der Waals surface area contributed by atoms with Crippen molar-refractivity contribution in [1.82, 2.24) is 5.32 Å². The zero-order valence-electron chi connectivity index (χ0n) is 13.8. The van der Waals surface area contributed by atoms with Crippen molar-refractivity contribution in [3.8, 4) is 6.07 Å². The predicted molar refractivity (Wildman–Crippen MR) is 94.3 cm³/mol. The number of nitriles is 1. The number of nitrogens with zero attached hydrogens (tertiary/aromatic N) is 1. The van der Waals surface area contributed by atoms with Crippen LogP contribution in [0.25, 0.3) is 0 Å². The molecular weight excluding hydrogens is 302 g/mol. The molecule has 5 heteroatoms. The first-order valence-electron chi connectivity index (χ1n) is 7.94. The monoisotopic (exact) mass is 325 g/mol.